The van der Waals surface area contributed by atoms with Gasteiger partial charge in [-0.3, -0.25) is 4.98 Å². The molecule has 0 radical (unpaired) electrons. The van der Waals surface area contributed by atoms with Gasteiger partial charge in [-0.25, -0.2) is 0 Å². The normalized spacial score (nSPS) is 13.2. The molecule has 1 atom stereocenters. The van der Waals surface area contributed by atoms with Crippen molar-refractivity contribution in [2.75, 3.05) is 6.61 Å². The SMILES string of the molecule is CC(C)CO[C@H](C)c1ccccn1. The Labute approximate surface area is 80.0 Å². The predicted octanol–water partition coefficient (Wildman–Crippen LogP) is 2.82. The molecule has 1 heterocycles. The molecule has 72 valence electrons. The first kappa shape index (κ1) is 10.2. The molecule has 0 aliphatic carbocycles. The van der Waals surface area contributed by atoms with E-state index in [-0.39, 0.29) is 6.10 Å². The molecule has 0 N–H and O–H groups in total. The van der Waals surface area contributed by atoms with Crippen molar-refractivity contribution in [2.45, 2.75) is 26.9 Å². The summed E-state index contributed by atoms with van der Waals surface area (Å²) in [4.78, 5) is 4.23. The molecule has 13 heavy (non-hydrogen) atoms. The summed E-state index contributed by atoms with van der Waals surface area (Å²) in [5.74, 6) is 0.575. The third-order valence-electron chi connectivity index (χ3n) is 1.78. The number of pyridine rings is 1. The summed E-state index contributed by atoms with van der Waals surface area (Å²) < 4.78 is 5.63. The molecule has 2 nitrogen and oxygen atoms in total. The summed E-state index contributed by atoms with van der Waals surface area (Å²) in [7, 11) is 0. The van der Waals surface area contributed by atoms with Gasteiger partial charge in [-0.15, -0.1) is 0 Å². The van der Waals surface area contributed by atoms with Crippen LogP contribution in [-0.2, 0) is 4.74 Å². The number of nitrogens with zero attached hydrogens (tertiary/aromatic N) is 1. The van der Waals surface area contributed by atoms with Crippen molar-refractivity contribution in [2.24, 2.45) is 5.92 Å². The van der Waals surface area contributed by atoms with Crippen LogP contribution >= 0.6 is 0 Å². The maximum absolute atomic E-state index is 5.63. The van der Waals surface area contributed by atoms with Gasteiger partial charge in [0.25, 0.3) is 0 Å². The first-order valence-electron chi connectivity index (χ1n) is 4.72. The highest BCUT2D eigenvalue weighted by atomic mass is 16.5. The Bertz CT molecular complexity index is 233. The van der Waals surface area contributed by atoms with Crippen LogP contribution in [0.15, 0.2) is 24.4 Å². The minimum absolute atomic E-state index is 0.101. The molecular formula is C11H17NO. The van der Waals surface area contributed by atoms with E-state index in [1.807, 2.05) is 25.1 Å². The van der Waals surface area contributed by atoms with Crippen LogP contribution in [0.3, 0.4) is 0 Å². The summed E-state index contributed by atoms with van der Waals surface area (Å²) in [5.41, 5.74) is 1.00. The smallest absolute Gasteiger partial charge is 0.0966 e. The third-order valence-corrected chi connectivity index (χ3v) is 1.78. The quantitative estimate of drug-likeness (QED) is 0.709. The topological polar surface area (TPSA) is 22.1 Å². The largest absolute Gasteiger partial charge is 0.372 e. The van der Waals surface area contributed by atoms with Crippen LogP contribution in [0.1, 0.15) is 32.6 Å². The second kappa shape index (κ2) is 4.97. The van der Waals surface area contributed by atoms with Crippen molar-refractivity contribution in [3.05, 3.63) is 30.1 Å². The zero-order chi connectivity index (χ0) is 9.68. The van der Waals surface area contributed by atoms with Crippen LogP contribution in [0.5, 0.6) is 0 Å². The van der Waals surface area contributed by atoms with Crippen molar-refractivity contribution in [1.82, 2.24) is 4.98 Å². The van der Waals surface area contributed by atoms with Gasteiger partial charge in [0.2, 0.25) is 0 Å². The molecule has 0 aliphatic heterocycles. The van der Waals surface area contributed by atoms with Crippen LogP contribution in [0.2, 0.25) is 0 Å². The third kappa shape index (κ3) is 3.55. The fraction of sp³-hybridized carbons (Fsp3) is 0.545. The van der Waals surface area contributed by atoms with Gasteiger partial charge in [0, 0.05) is 12.8 Å². The lowest BCUT2D eigenvalue weighted by molar-refractivity contribution is 0.0444. The Morgan fingerprint density at radius 3 is 2.62 bits per heavy atom. The molecule has 0 saturated carbocycles. The molecule has 0 unspecified atom stereocenters. The Morgan fingerprint density at radius 2 is 2.08 bits per heavy atom. The molecule has 2 heteroatoms. The van der Waals surface area contributed by atoms with Crippen molar-refractivity contribution in [3.8, 4) is 0 Å². The van der Waals surface area contributed by atoms with Gasteiger partial charge < -0.3 is 4.74 Å². The zero-order valence-corrected chi connectivity index (χ0v) is 8.53. The van der Waals surface area contributed by atoms with Crippen LogP contribution in [0.4, 0.5) is 0 Å². The molecule has 1 aromatic heterocycles. The van der Waals surface area contributed by atoms with Crippen LogP contribution in [-0.4, -0.2) is 11.6 Å². The number of rotatable bonds is 4. The Morgan fingerprint density at radius 1 is 1.31 bits per heavy atom. The van der Waals surface area contributed by atoms with E-state index >= 15 is 0 Å². The highest BCUT2D eigenvalue weighted by Crippen LogP contribution is 2.14. The fourth-order valence-corrected chi connectivity index (χ4v) is 1.04. The second-order valence-electron chi connectivity index (χ2n) is 3.62. The van der Waals surface area contributed by atoms with Gasteiger partial charge in [0.15, 0.2) is 0 Å². The molecule has 1 rings (SSSR count). The lowest BCUT2D eigenvalue weighted by Crippen LogP contribution is -2.07. The predicted molar refractivity (Wildman–Crippen MR) is 53.4 cm³/mol. The Hall–Kier alpha value is -0.890. The van der Waals surface area contributed by atoms with Crippen LogP contribution in [0, 0.1) is 5.92 Å². The lowest BCUT2D eigenvalue weighted by Gasteiger charge is -2.13. The average molecular weight is 179 g/mol. The highest BCUT2D eigenvalue weighted by Gasteiger charge is 2.06. The average Bonchev–Trinajstić information content (AvgIpc) is 2.15. The van der Waals surface area contributed by atoms with Gasteiger partial charge in [-0.05, 0) is 25.0 Å². The van der Waals surface area contributed by atoms with E-state index < -0.39 is 0 Å². The zero-order valence-electron chi connectivity index (χ0n) is 8.53. The maximum Gasteiger partial charge on any atom is 0.0966 e. The molecule has 0 aromatic carbocycles. The molecule has 0 saturated heterocycles. The summed E-state index contributed by atoms with van der Waals surface area (Å²) in [5, 5.41) is 0. The lowest BCUT2D eigenvalue weighted by atomic mass is 10.2. The van der Waals surface area contributed by atoms with Gasteiger partial charge in [0.1, 0.15) is 0 Å². The van der Waals surface area contributed by atoms with Gasteiger partial charge in [-0.1, -0.05) is 19.9 Å². The molecule has 1 aromatic rings. The summed E-state index contributed by atoms with van der Waals surface area (Å²) >= 11 is 0. The standard InChI is InChI=1S/C11H17NO/c1-9(2)8-13-10(3)11-6-4-5-7-12-11/h4-7,9-10H,8H2,1-3H3/t10-/m1/s1. The van der Waals surface area contributed by atoms with Gasteiger partial charge in [0.05, 0.1) is 11.8 Å². The summed E-state index contributed by atoms with van der Waals surface area (Å²) in [6.07, 6.45) is 1.90. The monoisotopic (exact) mass is 179 g/mol. The van der Waals surface area contributed by atoms with Gasteiger partial charge >= 0.3 is 0 Å². The van der Waals surface area contributed by atoms with E-state index in [9.17, 15) is 0 Å². The Kier molecular flexibility index (Phi) is 3.90. The van der Waals surface area contributed by atoms with E-state index in [0.29, 0.717) is 5.92 Å². The van der Waals surface area contributed by atoms with Crippen LogP contribution < -0.4 is 0 Å². The van der Waals surface area contributed by atoms with Gasteiger partial charge in [-0.2, -0.15) is 0 Å². The van der Waals surface area contributed by atoms with Crippen molar-refractivity contribution in [3.63, 3.8) is 0 Å². The van der Waals surface area contributed by atoms with Crippen molar-refractivity contribution >= 4 is 0 Å². The summed E-state index contributed by atoms with van der Waals surface area (Å²) in [6.45, 7) is 7.11. The first-order valence-corrected chi connectivity index (χ1v) is 4.72. The van der Waals surface area contributed by atoms with E-state index in [1.54, 1.807) is 6.20 Å². The van der Waals surface area contributed by atoms with Crippen LogP contribution in [0.25, 0.3) is 0 Å². The molecule has 0 fully saturated rings. The van der Waals surface area contributed by atoms with E-state index in [4.69, 9.17) is 4.74 Å². The molecular weight excluding hydrogens is 162 g/mol. The number of aromatic nitrogens is 1. The highest BCUT2D eigenvalue weighted by molar-refractivity contribution is 5.05. The minimum atomic E-state index is 0.101. The van der Waals surface area contributed by atoms with E-state index in [1.165, 1.54) is 0 Å². The molecule has 0 bridgehead atoms. The molecule has 0 aliphatic rings. The molecule has 0 amide bonds. The van der Waals surface area contributed by atoms with E-state index in [2.05, 4.69) is 18.8 Å². The summed E-state index contributed by atoms with van der Waals surface area (Å²) in [6, 6.07) is 5.89. The van der Waals surface area contributed by atoms with E-state index in [0.717, 1.165) is 12.3 Å². The molecule has 0 spiro atoms. The fourth-order valence-electron chi connectivity index (χ4n) is 1.04. The maximum atomic E-state index is 5.63. The minimum Gasteiger partial charge on any atom is -0.372 e. The van der Waals surface area contributed by atoms with Crippen molar-refractivity contribution in [1.29, 1.82) is 0 Å². The second-order valence-corrected chi connectivity index (χ2v) is 3.62. The number of hydrogen-bond donors (Lipinski definition) is 0. The first-order chi connectivity index (χ1) is 6.20. The van der Waals surface area contributed by atoms with Crippen molar-refractivity contribution < 1.29 is 4.74 Å². The Balaban J connectivity index is 2.44. The number of hydrogen-bond acceptors (Lipinski definition) is 2. The number of ether oxygens (including phenoxy) is 1.